The third-order valence-corrected chi connectivity index (χ3v) is 2.85. The van der Waals surface area contributed by atoms with E-state index in [9.17, 15) is 9.59 Å². The maximum atomic E-state index is 11.5. The minimum absolute atomic E-state index is 0.0554. The first kappa shape index (κ1) is 11.8. The lowest BCUT2D eigenvalue weighted by Crippen LogP contribution is -2.05. The van der Waals surface area contributed by atoms with Crippen molar-refractivity contribution in [2.24, 2.45) is 5.92 Å². The van der Waals surface area contributed by atoms with Crippen LogP contribution in [0.5, 0.6) is 0 Å². The Morgan fingerprint density at radius 3 is 2.53 bits per heavy atom. The monoisotopic (exact) mass is 228 g/mol. The van der Waals surface area contributed by atoms with Gasteiger partial charge in [-0.3, -0.25) is 9.59 Å². The topological polar surface area (TPSA) is 34.1 Å². The zero-order chi connectivity index (χ0) is 12.1. The van der Waals surface area contributed by atoms with Crippen molar-refractivity contribution in [3.05, 3.63) is 42.0 Å². The van der Waals surface area contributed by atoms with Crippen LogP contribution in [0.1, 0.15) is 31.2 Å². The Morgan fingerprint density at radius 1 is 1.18 bits per heavy atom. The first-order valence-electron chi connectivity index (χ1n) is 6.02. The molecule has 0 bridgehead atoms. The van der Waals surface area contributed by atoms with Gasteiger partial charge in [-0.05, 0) is 30.4 Å². The number of hydrogen-bond donors (Lipinski definition) is 0. The summed E-state index contributed by atoms with van der Waals surface area (Å²) in [5.74, 6) is 0.545. The maximum Gasteiger partial charge on any atom is 0.163 e. The summed E-state index contributed by atoms with van der Waals surface area (Å²) in [5, 5.41) is 0. The highest BCUT2D eigenvalue weighted by Crippen LogP contribution is 2.32. The fraction of sp³-hybridized carbons (Fsp3) is 0.333. The van der Waals surface area contributed by atoms with E-state index in [1.165, 1.54) is 6.08 Å². The summed E-state index contributed by atoms with van der Waals surface area (Å²) in [4.78, 5) is 23.0. The summed E-state index contributed by atoms with van der Waals surface area (Å²) < 4.78 is 0. The van der Waals surface area contributed by atoms with Gasteiger partial charge in [0.2, 0.25) is 0 Å². The third kappa shape index (κ3) is 4.35. The van der Waals surface area contributed by atoms with Gasteiger partial charge >= 0.3 is 0 Å². The average Bonchev–Trinajstić information content (AvgIpc) is 3.11. The first-order valence-corrected chi connectivity index (χ1v) is 6.02. The summed E-state index contributed by atoms with van der Waals surface area (Å²) in [5.41, 5.74) is 0.982. The Labute approximate surface area is 101 Å². The summed E-state index contributed by atoms with van der Waals surface area (Å²) in [6.07, 6.45) is 6.21. The van der Waals surface area contributed by atoms with Gasteiger partial charge in [0, 0.05) is 6.42 Å². The molecule has 1 aliphatic carbocycles. The number of carbonyl (C=O) groups is 2. The molecule has 1 saturated carbocycles. The fourth-order valence-electron chi connectivity index (χ4n) is 1.72. The smallest absolute Gasteiger partial charge is 0.163 e. The van der Waals surface area contributed by atoms with Crippen LogP contribution < -0.4 is 0 Å². The lowest BCUT2D eigenvalue weighted by molar-refractivity contribution is -0.124. The van der Waals surface area contributed by atoms with Gasteiger partial charge in [-0.15, -0.1) is 0 Å². The molecule has 1 aromatic carbocycles. The molecule has 2 rings (SSSR count). The molecule has 1 fully saturated rings. The van der Waals surface area contributed by atoms with Gasteiger partial charge in [0.05, 0.1) is 6.42 Å². The predicted octanol–water partition coefficient (Wildman–Crippen LogP) is 3.03. The molecule has 2 nitrogen and oxygen atoms in total. The molecule has 88 valence electrons. The van der Waals surface area contributed by atoms with Gasteiger partial charge in [-0.25, -0.2) is 0 Å². The molecule has 17 heavy (non-hydrogen) atoms. The second-order valence-corrected chi connectivity index (χ2v) is 4.57. The van der Waals surface area contributed by atoms with Gasteiger partial charge in [-0.1, -0.05) is 36.4 Å². The minimum Gasteiger partial charge on any atom is -0.299 e. The summed E-state index contributed by atoms with van der Waals surface area (Å²) in [6.45, 7) is 0. The summed E-state index contributed by atoms with van der Waals surface area (Å²) in [7, 11) is 0. The van der Waals surface area contributed by atoms with Gasteiger partial charge in [-0.2, -0.15) is 0 Å². The van der Waals surface area contributed by atoms with Crippen molar-refractivity contribution in [3.63, 3.8) is 0 Å². The Bertz CT molecular complexity index is 427. The van der Waals surface area contributed by atoms with Gasteiger partial charge in [0.1, 0.15) is 5.78 Å². The Hall–Kier alpha value is -1.70. The molecule has 0 N–H and O–H groups in total. The lowest BCUT2D eigenvalue weighted by Gasteiger charge is -1.95. The molecule has 0 amide bonds. The number of allylic oxidation sites excluding steroid dienone is 1. The Kier molecular flexibility index (Phi) is 3.86. The van der Waals surface area contributed by atoms with Gasteiger partial charge < -0.3 is 0 Å². The van der Waals surface area contributed by atoms with Crippen LogP contribution in [0.3, 0.4) is 0 Å². The van der Waals surface area contributed by atoms with Crippen molar-refractivity contribution >= 4 is 17.6 Å². The highest BCUT2D eigenvalue weighted by molar-refractivity contribution is 6.06. The van der Waals surface area contributed by atoms with Gasteiger partial charge in [0.25, 0.3) is 0 Å². The van der Waals surface area contributed by atoms with E-state index in [2.05, 4.69) is 0 Å². The molecule has 0 heterocycles. The second-order valence-electron chi connectivity index (χ2n) is 4.57. The highest BCUT2D eigenvalue weighted by atomic mass is 16.1. The first-order chi connectivity index (χ1) is 8.24. The van der Waals surface area contributed by atoms with Crippen LogP contribution in [0.2, 0.25) is 0 Å². The van der Waals surface area contributed by atoms with E-state index in [0.29, 0.717) is 12.3 Å². The molecule has 0 saturated heterocycles. The number of rotatable bonds is 6. The van der Waals surface area contributed by atoms with E-state index in [0.717, 1.165) is 18.4 Å². The predicted molar refractivity (Wildman–Crippen MR) is 67.4 cm³/mol. The standard InChI is InChI=1S/C15H16O2/c16-14(11-15(17)10-13-6-7-13)9-8-12-4-2-1-3-5-12/h1-5,8-9,13H,6-7,10-11H2/b9-8+. The molecule has 0 unspecified atom stereocenters. The van der Waals surface area contributed by atoms with Crippen LogP contribution in [0.4, 0.5) is 0 Å². The number of carbonyl (C=O) groups excluding carboxylic acids is 2. The quantitative estimate of drug-likeness (QED) is 0.554. The lowest BCUT2D eigenvalue weighted by atomic mass is 10.1. The van der Waals surface area contributed by atoms with Crippen molar-refractivity contribution in [1.82, 2.24) is 0 Å². The van der Waals surface area contributed by atoms with Crippen molar-refractivity contribution in [3.8, 4) is 0 Å². The molecule has 0 atom stereocenters. The number of benzene rings is 1. The Morgan fingerprint density at radius 2 is 1.88 bits per heavy atom. The van der Waals surface area contributed by atoms with Crippen molar-refractivity contribution < 1.29 is 9.59 Å². The SMILES string of the molecule is O=C(/C=C/c1ccccc1)CC(=O)CC1CC1. The molecular formula is C15H16O2. The highest BCUT2D eigenvalue weighted by Gasteiger charge is 2.24. The summed E-state index contributed by atoms with van der Waals surface area (Å²) >= 11 is 0. The van der Waals surface area contributed by atoms with E-state index in [1.807, 2.05) is 30.3 Å². The van der Waals surface area contributed by atoms with Crippen LogP contribution in [0.25, 0.3) is 6.08 Å². The maximum absolute atomic E-state index is 11.5. The normalized spacial score (nSPS) is 15.1. The molecule has 2 heteroatoms. The van der Waals surface area contributed by atoms with Crippen LogP contribution in [-0.2, 0) is 9.59 Å². The molecule has 1 aliphatic rings. The molecule has 0 aromatic heterocycles. The molecule has 0 radical (unpaired) electrons. The van der Waals surface area contributed by atoms with Crippen molar-refractivity contribution in [1.29, 1.82) is 0 Å². The third-order valence-electron chi connectivity index (χ3n) is 2.85. The number of Topliss-reactive ketones (excluding diaryl/α,β-unsaturated/α-hetero) is 1. The minimum atomic E-state index is -0.0977. The van der Waals surface area contributed by atoms with E-state index in [1.54, 1.807) is 6.08 Å². The zero-order valence-corrected chi connectivity index (χ0v) is 9.76. The van der Waals surface area contributed by atoms with E-state index < -0.39 is 0 Å². The van der Waals surface area contributed by atoms with Crippen LogP contribution in [-0.4, -0.2) is 11.6 Å². The number of ketones is 2. The average molecular weight is 228 g/mol. The van der Waals surface area contributed by atoms with E-state index in [4.69, 9.17) is 0 Å². The van der Waals surface area contributed by atoms with Crippen LogP contribution in [0.15, 0.2) is 36.4 Å². The van der Waals surface area contributed by atoms with Crippen molar-refractivity contribution in [2.45, 2.75) is 25.7 Å². The van der Waals surface area contributed by atoms with Crippen LogP contribution in [0, 0.1) is 5.92 Å². The van der Waals surface area contributed by atoms with E-state index in [-0.39, 0.29) is 18.0 Å². The second kappa shape index (κ2) is 5.58. The van der Waals surface area contributed by atoms with Gasteiger partial charge in [0.15, 0.2) is 5.78 Å². The molecule has 0 spiro atoms. The number of hydrogen-bond acceptors (Lipinski definition) is 2. The fourth-order valence-corrected chi connectivity index (χ4v) is 1.72. The molecule has 1 aromatic rings. The van der Waals surface area contributed by atoms with Crippen molar-refractivity contribution in [2.75, 3.05) is 0 Å². The zero-order valence-electron chi connectivity index (χ0n) is 9.76. The molecule has 0 aliphatic heterocycles. The molecular weight excluding hydrogens is 212 g/mol. The van der Waals surface area contributed by atoms with E-state index >= 15 is 0 Å². The summed E-state index contributed by atoms with van der Waals surface area (Å²) in [6, 6.07) is 9.62. The van der Waals surface area contributed by atoms with Crippen LogP contribution >= 0.6 is 0 Å². The Balaban J connectivity index is 1.80. The largest absolute Gasteiger partial charge is 0.299 e.